The van der Waals surface area contributed by atoms with Gasteiger partial charge in [-0.05, 0) is 71.8 Å². The molecule has 1 aromatic heterocycles. The van der Waals surface area contributed by atoms with Crippen LogP contribution in [0, 0.1) is 5.82 Å². The maximum Gasteiger partial charge on any atom is 0.264 e. The Hall–Kier alpha value is -2.27. The summed E-state index contributed by atoms with van der Waals surface area (Å²) < 4.78 is 64.4. The number of sulfonamides is 2. The predicted molar refractivity (Wildman–Crippen MR) is 110 cm³/mol. The lowest BCUT2D eigenvalue weighted by atomic mass is 9.98. The van der Waals surface area contributed by atoms with Crippen molar-refractivity contribution in [3.8, 4) is 11.1 Å². The van der Waals surface area contributed by atoms with Crippen LogP contribution >= 0.6 is 11.3 Å². The minimum Gasteiger partial charge on any atom is -0.266 e. The molecule has 0 bridgehead atoms. The number of hydrogen-bond acceptors (Lipinski definition) is 5. The van der Waals surface area contributed by atoms with E-state index in [1.54, 1.807) is 29.6 Å². The van der Waals surface area contributed by atoms with Crippen LogP contribution in [0.3, 0.4) is 0 Å². The average molecular weight is 453 g/mol. The molecule has 0 spiro atoms. The molecule has 10 heteroatoms. The van der Waals surface area contributed by atoms with E-state index in [1.807, 2.05) is 0 Å². The van der Waals surface area contributed by atoms with Gasteiger partial charge in [-0.1, -0.05) is 6.07 Å². The molecule has 1 aliphatic heterocycles. The van der Waals surface area contributed by atoms with Crippen LogP contribution in [-0.2, 0) is 26.5 Å². The van der Waals surface area contributed by atoms with Gasteiger partial charge in [0, 0.05) is 12.1 Å². The van der Waals surface area contributed by atoms with Gasteiger partial charge in [-0.25, -0.2) is 26.4 Å². The van der Waals surface area contributed by atoms with Crippen molar-refractivity contribution >= 4 is 37.1 Å². The highest BCUT2D eigenvalue weighted by molar-refractivity contribution is 7.93. The van der Waals surface area contributed by atoms with Gasteiger partial charge in [-0.2, -0.15) is 0 Å². The van der Waals surface area contributed by atoms with Gasteiger partial charge in [-0.3, -0.25) is 4.31 Å². The van der Waals surface area contributed by atoms with E-state index < -0.39 is 25.9 Å². The molecule has 2 N–H and O–H groups in total. The highest BCUT2D eigenvalue weighted by Gasteiger charge is 2.29. The fourth-order valence-corrected chi connectivity index (χ4v) is 6.82. The summed E-state index contributed by atoms with van der Waals surface area (Å²) >= 11 is 1.04. The lowest BCUT2D eigenvalue weighted by molar-refractivity contribution is 0.585. The molecule has 0 fully saturated rings. The van der Waals surface area contributed by atoms with Crippen molar-refractivity contribution in [1.29, 1.82) is 0 Å². The van der Waals surface area contributed by atoms with Gasteiger partial charge < -0.3 is 0 Å². The Kier molecular flexibility index (Phi) is 4.97. The second kappa shape index (κ2) is 7.21. The first-order valence-electron chi connectivity index (χ1n) is 8.70. The monoisotopic (exact) mass is 452 g/mol. The SMILES string of the molecule is NS(=O)(=O)c1sccc1-c1ccc2c(c1)CCCN2S(=O)(=O)c1ccc(F)cc1. The van der Waals surface area contributed by atoms with Gasteiger partial charge in [0.25, 0.3) is 10.0 Å². The number of rotatable bonds is 4. The van der Waals surface area contributed by atoms with Crippen LogP contribution in [0.25, 0.3) is 11.1 Å². The van der Waals surface area contributed by atoms with E-state index in [2.05, 4.69) is 0 Å². The van der Waals surface area contributed by atoms with Crippen molar-refractivity contribution < 1.29 is 21.2 Å². The molecule has 152 valence electrons. The number of halogens is 1. The van der Waals surface area contributed by atoms with E-state index in [1.165, 1.54) is 16.4 Å². The highest BCUT2D eigenvalue weighted by Crippen LogP contribution is 2.37. The number of benzene rings is 2. The summed E-state index contributed by atoms with van der Waals surface area (Å²) in [5.74, 6) is -0.506. The molecule has 29 heavy (non-hydrogen) atoms. The molecule has 2 aromatic carbocycles. The number of aryl methyl sites for hydroxylation is 1. The van der Waals surface area contributed by atoms with E-state index >= 15 is 0 Å². The van der Waals surface area contributed by atoms with Crippen molar-refractivity contribution in [3.05, 3.63) is 65.3 Å². The first-order valence-corrected chi connectivity index (χ1v) is 12.6. The number of primary sulfonamides is 1. The van der Waals surface area contributed by atoms with Crippen LogP contribution in [0.1, 0.15) is 12.0 Å². The first kappa shape index (κ1) is 20.0. The zero-order valence-corrected chi connectivity index (χ0v) is 17.5. The third-order valence-electron chi connectivity index (χ3n) is 4.76. The average Bonchev–Trinajstić information content (AvgIpc) is 3.18. The Balaban J connectivity index is 1.77. The molecule has 0 aliphatic carbocycles. The van der Waals surface area contributed by atoms with E-state index in [4.69, 9.17) is 5.14 Å². The van der Waals surface area contributed by atoms with Gasteiger partial charge in [0.2, 0.25) is 10.0 Å². The Bertz CT molecular complexity index is 1280. The van der Waals surface area contributed by atoms with Gasteiger partial charge in [-0.15, -0.1) is 11.3 Å². The maximum absolute atomic E-state index is 13.2. The number of fused-ring (bicyclic) bond motifs is 1. The van der Waals surface area contributed by atoms with Crippen LogP contribution < -0.4 is 9.44 Å². The molecule has 0 saturated heterocycles. The second-order valence-electron chi connectivity index (χ2n) is 6.64. The number of nitrogens with two attached hydrogens (primary N) is 1. The Morgan fingerprint density at radius 1 is 1.00 bits per heavy atom. The molecule has 3 aromatic rings. The summed E-state index contributed by atoms with van der Waals surface area (Å²) in [6.45, 7) is 0.312. The molecule has 2 heterocycles. The van der Waals surface area contributed by atoms with Crippen molar-refractivity contribution in [2.24, 2.45) is 5.14 Å². The minimum absolute atomic E-state index is 0.0187. The van der Waals surface area contributed by atoms with Crippen molar-refractivity contribution in [1.82, 2.24) is 0 Å². The molecular weight excluding hydrogens is 435 g/mol. The van der Waals surface area contributed by atoms with Gasteiger partial charge in [0.15, 0.2) is 0 Å². The quantitative estimate of drug-likeness (QED) is 0.656. The van der Waals surface area contributed by atoms with E-state index in [9.17, 15) is 21.2 Å². The summed E-state index contributed by atoms with van der Waals surface area (Å²) in [6.07, 6.45) is 1.27. The van der Waals surface area contributed by atoms with E-state index in [0.717, 1.165) is 29.0 Å². The molecule has 0 radical (unpaired) electrons. The smallest absolute Gasteiger partial charge is 0.264 e. The Morgan fingerprint density at radius 3 is 2.41 bits per heavy atom. The summed E-state index contributed by atoms with van der Waals surface area (Å²) in [5, 5.41) is 6.95. The van der Waals surface area contributed by atoms with Crippen LogP contribution in [0.2, 0.25) is 0 Å². The summed E-state index contributed by atoms with van der Waals surface area (Å²) in [6, 6.07) is 11.6. The Labute approximate surface area is 172 Å². The van der Waals surface area contributed by atoms with Crippen molar-refractivity contribution in [2.45, 2.75) is 21.9 Å². The molecule has 6 nitrogen and oxygen atoms in total. The third-order valence-corrected chi connectivity index (χ3v) is 9.01. The molecule has 4 rings (SSSR count). The summed E-state index contributed by atoms with van der Waals surface area (Å²) in [5.41, 5.74) is 2.50. The Morgan fingerprint density at radius 2 is 1.72 bits per heavy atom. The molecule has 0 amide bonds. The zero-order valence-electron chi connectivity index (χ0n) is 15.1. The number of nitrogens with zero attached hydrogens (tertiary/aromatic N) is 1. The van der Waals surface area contributed by atoms with Crippen LogP contribution in [0.4, 0.5) is 10.1 Å². The maximum atomic E-state index is 13.2. The van der Waals surface area contributed by atoms with Gasteiger partial charge >= 0.3 is 0 Å². The zero-order chi connectivity index (χ0) is 20.8. The summed E-state index contributed by atoms with van der Waals surface area (Å²) in [4.78, 5) is 0.0187. The lowest BCUT2D eigenvalue weighted by Gasteiger charge is -2.31. The molecule has 0 saturated carbocycles. The van der Waals surface area contributed by atoms with Crippen LogP contribution in [0.15, 0.2) is 63.0 Å². The van der Waals surface area contributed by atoms with E-state index in [0.29, 0.717) is 36.2 Å². The van der Waals surface area contributed by atoms with Crippen molar-refractivity contribution in [3.63, 3.8) is 0 Å². The normalized spacial score (nSPS) is 14.6. The van der Waals surface area contributed by atoms with Crippen LogP contribution in [0.5, 0.6) is 0 Å². The standard InChI is InChI=1S/C19H17FN2O4S3/c20-15-4-6-16(7-5-15)29(25,26)22-10-1-2-14-12-13(3-8-18(14)22)17-9-11-27-19(17)28(21,23)24/h3-9,11-12H,1-2,10H2,(H2,21,23,24). The molecule has 0 atom stereocenters. The van der Waals surface area contributed by atoms with Gasteiger partial charge in [0.1, 0.15) is 10.0 Å². The molecule has 0 unspecified atom stereocenters. The number of anilines is 1. The lowest BCUT2D eigenvalue weighted by Crippen LogP contribution is -2.35. The van der Waals surface area contributed by atoms with E-state index in [-0.39, 0.29) is 9.10 Å². The fourth-order valence-electron chi connectivity index (χ4n) is 3.44. The first-order chi connectivity index (χ1) is 13.7. The largest absolute Gasteiger partial charge is 0.266 e. The summed E-state index contributed by atoms with van der Waals surface area (Å²) in [7, 11) is -7.69. The minimum atomic E-state index is -3.85. The third kappa shape index (κ3) is 3.68. The molecule has 1 aliphatic rings. The van der Waals surface area contributed by atoms with Crippen molar-refractivity contribution in [2.75, 3.05) is 10.8 Å². The molecular formula is C19H17FN2O4S3. The topological polar surface area (TPSA) is 97.5 Å². The number of hydrogen-bond donors (Lipinski definition) is 1. The van der Waals surface area contributed by atoms with Crippen LogP contribution in [-0.4, -0.2) is 23.4 Å². The predicted octanol–water partition coefficient (Wildman–Crippen LogP) is 3.34. The highest BCUT2D eigenvalue weighted by atomic mass is 32.2. The number of thiophene rings is 1. The van der Waals surface area contributed by atoms with Gasteiger partial charge in [0.05, 0.1) is 10.6 Å². The second-order valence-corrected chi connectivity index (χ2v) is 11.2. The fraction of sp³-hybridized carbons (Fsp3) is 0.158.